The van der Waals surface area contributed by atoms with E-state index in [-0.39, 0.29) is 25.5 Å². The zero-order valence-electron chi connectivity index (χ0n) is 12.4. The van der Waals surface area contributed by atoms with Crippen molar-refractivity contribution in [1.29, 1.82) is 0 Å². The van der Waals surface area contributed by atoms with Crippen LogP contribution in [0.25, 0.3) is 0 Å². The van der Waals surface area contributed by atoms with Crippen LogP contribution < -0.4 is 10.6 Å². The van der Waals surface area contributed by atoms with Gasteiger partial charge in [0.05, 0.1) is 6.61 Å². The second-order valence-corrected chi connectivity index (χ2v) is 5.31. The Morgan fingerprint density at radius 1 is 1.48 bits per heavy atom. The first-order valence-electron chi connectivity index (χ1n) is 7.03. The van der Waals surface area contributed by atoms with Gasteiger partial charge in [-0.05, 0) is 12.3 Å². The first-order chi connectivity index (χ1) is 9.91. The maximum absolute atomic E-state index is 11.9. The van der Waals surface area contributed by atoms with E-state index in [0.29, 0.717) is 19.1 Å². The molecule has 1 unspecified atom stereocenters. The summed E-state index contributed by atoms with van der Waals surface area (Å²) in [5.41, 5.74) is 0. The van der Waals surface area contributed by atoms with Crippen molar-refractivity contribution >= 4 is 17.9 Å². The van der Waals surface area contributed by atoms with Gasteiger partial charge in [0.25, 0.3) is 0 Å². The van der Waals surface area contributed by atoms with Gasteiger partial charge in [0.15, 0.2) is 0 Å². The molecule has 0 bridgehead atoms. The van der Waals surface area contributed by atoms with Crippen LogP contribution in [0.5, 0.6) is 0 Å². The van der Waals surface area contributed by atoms with E-state index in [1.54, 1.807) is 0 Å². The van der Waals surface area contributed by atoms with Gasteiger partial charge in [-0.2, -0.15) is 0 Å². The van der Waals surface area contributed by atoms with Crippen LogP contribution in [0.15, 0.2) is 0 Å². The van der Waals surface area contributed by atoms with Crippen molar-refractivity contribution in [2.24, 2.45) is 5.92 Å². The van der Waals surface area contributed by atoms with Crippen LogP contribution in [0, 0.1) is 5.92 Å². The van der Waals surface area contributed by atoms with Gasteiger partial charge in [-0.3, -0.25) is 9.69 Å². The number of carboxylic acids is 1. The summed E-state index contributed by atoms with van der Waals surface area (Å²) in [7, 11) is 0. The topological polar surface area (TPSA) is 108 Å². The van der Waals surface area contributed by atoms with E-state index in [9.17, 15) is 14.4 Å². The fourth-order valence-electron chi connectivity index (χ4n) is 1.83. The highest BCUT2D eigenvalue weighted by molar-refractivity contribution is 5.90. The molecule has 21 heavy (non-hydrogen) atoms. The van der Waals surface area contributed by atoms with Gasteiger partial charge in [0.2, 0.25) is 5.91 Å². The number of ether oxygens (including phenoxy) is 1. The molecule has 1 saturated heterocycles. The van der Waals surface area contributed by atoms with Crippen LogP contribution in [0.1, 0.15) is 20.3 Å². The smallest absolute Gasteiger partial charge is 0.328 e. The third kappa shape index (κ3) is 5.99. The molecule has 3 amide bonds. The third-order valence-corrected chi connectivity index (χ3v) is 3.09. The Kier molecular flexibility index (Phi) is 6.93. The molecule has 1 aliphatic rings. The Morgan fingerprint density at radius 3 is 2.81 bits per heavy atom. The molecule has 8 heteroatoms. The molecule has 0 saturated carbocycles. The summed E-state index contributed by atoms with van der Waals surface area (Å²) in [4.78, 5) is 35.3. The number of urea groups is 1. The van der Waals surface area contributed by atoms with Crippen molar-refractivity contribution in [1.82, 2.24) is 15.5 Å². The molecule has 0 aromatic carbocycles. The summed E-state index contributed by atoms with van der Waals surface area (Å²) in [6.07, 6.45) is 0.946. The van der Waals surface area contributed by atoms with Gasteiger partial charge >= 0.3 is 12.0 Å². The summed E-state index contributed by atoms with van der Waals surface area (Å²) in [6.45, 7) is 5.12. The molecular formula is C13H23N3O5. The number of carbonyl (C=O) groups excluding carboxylic acids is 2. The number of hydrogen-bond donors (Lipinski definition) is 3. The fraction of sp³-hybridized carbons (Fsp3) is 0.769. The van der Waals surface area contributed by atoms with E-state index < -0.39 is 18.0 Å². The third-order valence-electron chi connectivity index (χ3n) is 3.09. The minimum atomic E-state index is -1.14. The molecule has 1 atom stereocenters. The molecule has 1 heterocycles. The summed E-state index contributed by atoms with van der Waals surface area (Å²) in [5, 5.41) is 14.0. The summed E-state index contributed by atoms with van der Waals surface area (Å²) in [5.74, 6) is -0.947. The standard InChI is InChI=1S/C13H23N3O5/c1-9(2)3-5-21-6-4-14-13(20)16-8-11(17)15-7-10(16)12(18)19/h9-10H,3-8H2,1-2H3,(H,14,20)(H,15,17)(H,18,19). The zero-order valence-corrected chi connectivity index (χ0v) is 12.4. The van der Waals surface area contributed by atoms with E-state index in [2.05, 4.69) is 24.5 Å². The van der Waals surface area contributed by atoms with E-state index in [4.69, 9.17) is 9.84 Å². The van der Waals surface area contributed by atoms with Crippen LogP contribution in [-0.4, -0.2) is 66.8 Å². The average Bonchev–Trinajstić information content (AvgIpc) is 2.41. The Hall–Kier alpha value is -1.83. The number of nitrogens with one attached hydrogen (secondary N) is 2. The molecule has 120 valence electrons. The van der Waals surface area contributed by atoms with E-state index in [1.165, 1.54) is 0 Å². The highest BCUT2D eigenvalue weighted by atomic mass is 16.5. The first-order valence-corrected chi connectivity index (χ1v) is 7.03. The lowest BCUT2D eigenvalue weighted by molar-refractivity contribution is -0.144. The molecule has 3 N–H and O–H groups in total. The Balaban J connectivity index is 2.31. The Bertz CT molecular complexity index is 386. The van der Waals surface area contributed by atoms with Crippen molar-refractivity contribution in [3.63, 3.8) is 0 Å². The normalized spacial score (nSPS) is 18.5. The first kappa shape index (κ1) is 17.2. The highest BCUT2D eigenvalue weighted by Crippen LogP contribution is 2.04. The van der Waals surface area contributed by atoms with Gasteiger partial charge in [-0.25, -0.2) is 9.59 Å². The SMILES string of the molecule is CC(C)CCOCCNC(=O)N1CC(=O)NCC1C(=O)O. The van der Waals surface area contributed by atoms with Crippen LogP contribution >= 0.6 is 0 Å². The number of rotatable bonds is 7. The van der Waals surface area contributed by atoms with Gasteiger partial charge in [-0.15, -0.1) is 0 Å². The number of carboxylic acid groups (broad SMARTS) is 1. The molecular weight excluding hydrogens is 278 g/mol. The summed E-state index contributed by atoms with van der Waals surface area (Å²) < 4.78 is 5.35. The van der Waals surface area contributed by atoms with Gasteiger partial charge in [-0.1, -0.05) is 13.8 Å². The number of aliphatic carboxylic acids is 1. The lowest BCUT2D eigenvalue weighted by Crippen LogP contribution is -2.61. The largest absolute Gasteiger partial charge is 0.480 e. The summed E-state index contributed by atoms with van der Waals surface area (Å²) in [6, 6.07) is -1.60. The highest BCUT2D eigenvalue weighted by Gasteiger charge is 2.34. The molecule has 1 fully saturated rings. The van der Waals surface area contributed by atoms with E-state index in [1.807, 2.05) is 0 Å². The molecule has 1 aliphatic heterocycles. The molecule has 8 nitrogen and oxygen atoms in total. The minimum Gasteiger partial charge on any atom is -0.480 e. The predicted octanol–water partition coefficient (Wildman–Crippen LogP) is -0.356. The van der Waals surface area contributed by atoms with Crippen molar-refractivity contribution in [2.45, 2.75) is 26.3 Å². The molecule has 1 rings (SSSR count). The van der Waals surface area contributed by atoms with E-state index in [0.717, 1.165) is 11.3 Å². The quantitative estimate of drug-likeness (QED) is 0.557. The van der Waals surface area contributed by atoms with E-state index >= 15 is 0 Å². The van der Waals surface area contributed by atoms with Crippen LogP contribution in [0.4, 0.5) is 4.79 Å². The lowest BCUT2D eigenvalue weighted by atomic mass is 10.1. The second kappa shape index (κ2) is 8.46. The van der Waals surface area contributed by atoms with Crippen LogP contribution in [0.2, 0.25) is 0 Å². The van der Waals surface area contributed by atoms with Gasteiger partial charge < -0.3 is 20.5 Å². The van der Waals surface area contributed by atoms with Crippen molar-refractivity contribution in [3.05, 3.63) is 0 Å². The zero-order chi connectivity index (χ0) is 15.8. The number of piperazine rings is 1. The Morgan fingerprint density at radius 2 is 2.19 bits per heavy atom. The maximum Gasteiger partial charge on any atom is 0.328 e. The van der Waals surface area contributed by atoms with Crippen molar-refractivity contribution in [2.75, 3.05) is 32.8 Å². The summed E-state index contributed by atoms with van der Waals surface area (Å²) >= 11 is 0. The number of carbonyl (C=O) groups is 3. The average molecular weight is 301 g/mol. The molecule has 0 radical (unpaired) electrons. The molecule has 0 aliphatic carbocycles. The molecule has 0 aromatic heterocycles. The fourth-order valence-corrected chi connectivity index (χ4v) is 1.83. The lowest BCUT2D eigenvalue weighted by Gasteiger charge is -2.32. The number of amides is 3. The van der Waals surface area contributed by atoms with Crippen molar-refractivity contribution in [3.8, 4) is 0 Å². The number of hydrogen-bond acceptors (Lipinski definition) is 4. The van der Waals surface area contributed by atoms with Crippen molar-refractivity contribution < 1.29 is 24.2 Å². The second-order valence-electron chi connectivity index (χ2n) is 5.31. The van der Waals surface area contributed by atoms with Gasteiger partial charge in [0.1, 0.15) is 12.6 Å². The molecule has 0 spiro atoms. The van der Waals surface area contributed by atoms with Gasteiger partial charge in [0, 0.05) is 19.7 Å². The monoisotopic (exact) mass is 301 g/mol. The predicted molar refractivity (Wildman–Crippen MR) is 74.8 cm³/mol. The van der Waals surface area contributed by atoms with Crippen LogP contribution in [-0.2, 0) is 14.3 Å². The van der Waals surface area contributed by atoms with Crippen LogP contribution in [0.3, 0.4) is 0 Å². The molecule has 0 aromatic rings. The number of nitrogens with zero attached hydrogens (tertiary/aromatic N) is 1. The Labute approximate surface area is 123 Å². The minimum absolute atomic E-state index is 0.0769. The maximum atomic E-state index is 11.9.